The van der Waals surface area contributed by atoms with Crippen LogP contribution in [0.4, 0.5) is 10.5 Å². The maximum atomic E-state index is 11.5. The van der Waals surface area contributed by atoms with Gasteiger partial charge in [0.2, 0.25) is 0 Å². The topological polar surface area (TPSA) is 105 Å². The van der Waals surface area contributed by atoms with Crippen molar-refractivity contribution < 1.29 is 23.6 Å². The van der Waals surface area contributed by atoms with Gasteiger partial charge in [0.05, 0.1) is 4.92 Å². The average Bonchev–Trinajstić information content (AvgIpc) is 2.95. The van der Waals surface area contributed by atoms with Crippen molar-refractivity contribution in [1.29, 1.82) is 0 Å². The third kappa shape index (κ3) is 4.05. The van der Waals surface area contributed by atoms with Crippen molar-refractivity contribution >= 4 is 11.8 Å². The molecule has 1 heterocycles. The number of nitro benzene ring substituents is 1. The van der Waals surface area contributed by atoms with Crippen molar-refractivity contribution in [2.24, 2.45) is 0 Å². The molecule has 0 N–H and O–H groups in total. The largest absolute Gasteiger partial charge is 0.514 e. The first-order valence-electron chi connectivity index (χ1n) is 6.49. The lowest BCUT2D eigenvalue weighted by Gasteiger charge is -2.04. The number of carbonyl (C=O) groups excluding carboxylic acids is 1. The normalized spacial score (nSPS) is 10.5. The van der Waals surface area contributed by atoms with Crippen molar-refractivity contribution in [3.8, 4) is 5.75 Å². The third-order valence-electron chi connectivity index (χ3n) is 2.65. The van der Waals surface area contributed by atoms with E-state index in [1.807, 2.05) is 13.8 Å². The lowest BCUT2D eigenvalue weighted by Crippen LogP contribution is -2.10. The third-order valence-corrected chi connectivity index (χ3v) is 2.65. The summed E-state index contributed by atoms with van der Waals surface area (Å²) in [7, 11) is 0. The Labute approximate surface area is 125 Å². The predicted molar refractivity (Wildman–Crippen MR) is 74.5 cm³/mol. The minimum atomic E-state index is -0.928. The molecule has 1 aromatic heterocycles. The molecule has 0 aliphatic heterocycles. The Kier molecular flexibility index (Phi) is 4.72. The van der Waals surface area contributed by atoms with Crippen LogP contribution < -0.4 is 4.74 Å². The number of rotatable bonds is 5. The minimum absolute atomic E-state index is 0.0813. The molecule has 0 bridgehead atoms. The van der Waals surface area contributed by atoms with E-state index in [1.54, 1.807) is 0 Å². The van der Waals surface area contributed by atoms with Crippen LogP contribution in [0.2, 0.25) is 0 Å². The molecule has 8 heteroatoms. The maximum absolute atomic E-state index is 11.5. The zero-order valence-corrected chi connectivity index (χ0v) is 12.0. The van der Waals surface area contributed by atoms with E-state index in [0.29, 0.717) is 11.6 Å². The summed E-state index contributed by atoms with van der Waals surface area (Å²) in [5, 5.41) is 10.5. The Hall–Kier alpha value is -2.90. The summed E-state index contributed by atoms with van der Waals surface area (Å²) in [4.78, 5) is 25.6. The van der Waals surface area contributed by atoms with Gasteiger partial charge in [-0.2, -0.15) is 0 Å². The summed E-state index contributed by atoms with van der Waals surface area (Å²) < 4.78 is 15.0. The fourth-order valence-electron chi connectivity index (χ4n) is 1.55. The van der Waals surface area contributed by atoms with Crippen LogP contribution >= 0.6 is 0 Å². The lowest BCUT2D eigenvalue weighted by molar-refractivity contribution is -0.384. The predicted octanol–water partition coefficient (Wildman–Crippen LogP) is 3.42. The van der Waals surface area contributed by atoms with Gasteiger partial charge in [-0.3, -0.25) is 10.1 Å². The van der Waals surface area contributed by atoms with E-state index >= 15 is 0 Å². The Morgan fingerprint density at radius 3 is 2.59 bits per heavy atom. The van der Waals surface area contributed by atoms with E-state index in [9.17, 15) is 14.9 Å². The van der Waals surface area contributed by atoms with Crippen LogP contribution in [0, 0.1) is 10.1 Å². The molecule has 0 amide bonds. The highest BCUT2D eigenvalue weighted by molar-refractivity contribution is 5.63. The highest BCUT2D eigenvalue weighted by atomic mass is 16.7. The second-order valence-electron chi connectivity index (χ2n) is 4.72. The van der Waals surface area contributed by atoms with Gasteiger partial charge in [0.25, 0.3) is 5.69 Å². The monoisotopic (exact) mass is 306 g/mol. The van der Waals surface area contributed by atoms with E-state index in [0.717, 1.165) is 0 Å². The van der Waals surface area contributed by atoms with E-state index in [4.69, 9.17) is 13.9 Å². The molecule has 2 aromatic rings. The number of benzene rings is 1. The van der Waals surface area contributed by atoms with Crippen LogP contribution in [-0.2, 0) is 11.3 Å². The number of nitro groups is 1. The van der Waals surface area contributed by atoms with Crippen LogP contribution in [0.15, 0.2) is 34.9 Å². The van der Waals surface area contributed by atoms with Crippen molar-refractivity contribution in [1.82, 2.24) is 4.98 Å². The molecule has 0 saturated carbocycles. The molecule has 0 atom stereocenters. The first kappa shape index (κ1) is 15.5. The summed E-state index contributed by atoms with van der Waals surface area (Å²) >= 11 is 0. The number of oxazole rings is 1. The summed E-state index contributed by atoms with van der Waals surface area (Å²) in [6.07, 6.45) is 0.483. The van der Waals surface area contributed by atoms with Gasteiger partial charge in [-0.05, 0) is 12.1 Å². The second-order valence-corrected chi connectivity index (χ2v) is 4.72. The average molecular weight is 306 g/mol. The number of aromatic nitrogens is 1. The number of hydrogen-bond acceptors (Lipinski definition) is 7. The molecule has 2 rings (SSSR count). The molecule has 0 aliphatic rings. The van der Waals surface area contributed by atoms with Gasteiger partial charge in [0, 0.05) is 18.1 Å². The van der Waals surface area contributed by atoms with E-state index in [-0.39, 0.29) is 24.0 Å². The highest BCUT2D eigenvalue weighted by Crippen LogP contribution is 2.18. The molecule has 0 radical (unpaired) electrons. The quantitative estimate of drug-likeness (QED) is 0.360. The number of hydrogen-bond donors (Lipinski definition) is 0. The van der Waals surface area contributed by atoms with Crippen LogP contribution in [0.3, 0.4) is 0 Å². The van der Waals surface area contributed by atoms with Crippen molar-refractivity contribution in [3.63, 3.8) is 0 Å². The van der Waals surface area contributed by atoms with Crippen molar-refractivity contribution in [2.45, 2.75) is 26.4 Å². The molecule has 0 aliphatic carbocycles. The zero-order chi connectivity index (χ0) is 16.1. The summed E-state index contributed by atoms with van der Waals surface area (Å²) in [6.45, 7) is 3.78. The Morgan fingerprint density at radius 2 is 2.05 bits per heavy atom. The standard InChI is InChI=1S/C14H14N2O6/c1-9(2)13-15-10(7-20-13)8-21-14(17)22-12-5-3-11(4-6-12)16(18)19/h3-7,9H,8H2,1-2H3. The van der Waals surface area contributed by atoms with E-state index in [1.165, 1.54) is 30.5 Å². The summed E-state index contributed by atoms with van der Waals surface area (Å²) in [6, 6.07) is 5.09. The Balaban J connectivity index is 1.85. The second kappa shape index (κ2) is 6.70. The summed E-state index contributed by atoms with van der Waals surface area (Å²) in [5.41, 5.74) is 0.383. The molecule has 22 heavy (non-hydrogen) atoms. The number of carbonyl (C=O) groups is 1. The van der Waals surface area contributed by atoms with Crippen LogP contribution in [0.25, 0.3) is 0 Å². The van der Waals surface area contributed by atoms with Gasteiger partial charge in [-0.1, -0.05) is 13.8 Å². The van der Waals surface area contributed by atoms with Gasteiger partial charge in [-0.25, -0.2) is 9.78 Å². The van der Waals surface area contributed by atoms with Crippen LogP contribution in [-0.4, -0.2) is 16.1 Å². The maximum Gasteiger partial charge on any atom is 0.514 e. The molecule has 0 fully saturated rings. The fraction of sp³-hybridized carbons (Fsp3) is 0.286. The molecule has 8 nitrogen and oxygen atoms in total. The van der Waals surface area contributed by atoms with Crippen molar-refractivity contribution in [3.05, 3.63) is 52.2 Å². The van der Waals surface area contributed by atoms with Crippen molar-refractivity contribution in [2.75, 3.05) is 0 Å². The Bertz CT molecular complexity index is 662. The summed E-state index contributed by atoms with van der Waals surface area (Å²) in [5.74, 6) is 0.849. The SMILES string of the molecule is CC(C)c1nc(COC(=O)Oc2ccc([N+](=O)[O-])cc2)co1. The zero-order valence-electron chi connectivity index (χ0n) is 12.0. The fourth-order valence-corrected chi connectivity index (χ4v) is 1.55. The molecule has 0 unspecified atom stereocenters. The number of ether oxygens (including phenoxy) is 2. The minimum Gasteiger partial charge on any atom is -0.448 e. The first-order valence-corrected chi connectivity index (χ1v) is 6.49. The highest BCUT2D eigenvalue weighted by Gasteiger charge is 2.12. The molecule has 0 saturated heterocycles. The molecule has 0 spiro atoms. The van der Waals surface area contributed by atoms with Crippen LogP contribution in [0.1, 0.15) is 31.4 Å². The van der Waals surface area contributed by atoms with Gasteiger partial charge in [0.15, 0.2) is 5.89 Å². The molecule has 1 aromatic carbocycles. The van der Waals surface area contributed by atoms with Gasteiger partial charge in [-0.15, -0.1) is 0 Å². The van der Waals surface area contributed by atoms with Gasteiger partial charge in [0.1, 0.15) is 24.3 Å². The number of nitrogens with zero attached hydrogens (tertiary/aromatic N) is 2. The van der Waals surface area contributed by atoms with Gasteiger partial charge < -0.3 is 13.9 Å². The van der Waals surface area contributed by atoms with Crippen LogP contribution in [0.5, 0.6) is 5.75 Å². The molecule has 116 valence electrons. The molecular formula is C14H14N2O6. The number of non-ortho nitro benzene ring substituents is 1. The molecular weight excluding hydrogens is 292 g/mol. The van der Waals surface area contributed by atoms with E-state index in [2.05, 4.69) is 4.98 Å². The van der Waals surface area contributed by atoms with E-state index < -0.39 is 11.1 Å². The Morgan fingerprint density at radius 1 is 1.36 bits per heavy atom. The first-order chi connectivity index (χ1) is 10.5. The lowest BCUT2D eigenvalue weighted by atomic mass is 10.2. The van der Waals surface area contributed by atoms with Gasteiger partial charge >= 0.3 is 6.16 Å². The smallest absolute Gasteiger partial charge is 0.448 e.